The summed E-state index contributed by atoms with van der Waals surface area (Å²) in [6.45, 7) is 0. The van der Waals surface area contributed by atoms with Gasteiger partial charge in [0.25, 0.3) is 0 Å². The van der Waals surface area contributed by atoms with E-state index in [0.29, 0.717) is 11.4 Å². The summed E-state index contributed by atoms with van der Waals surface area (Å²) in [6, 6.07) is 69.3. The van der Waals surface area contributed by atoms with Crippen molar-refractivity contribution in [2.45, 2.75) is 0 Å². The molecule has 14 rings (SSSR count). The van der Waals surface area contributed by atoms with Crippen LogP contribution in [0, 0.1) is 0 Å². The highest BCUT2D eigenvalue weighted by molar-refractivity contribution is 6.33. The number of fused-ring (bicyclic) bond motifs is 12. The Morgan fingerprint density at radius 1 is 0.274 bits per heavy atom. The molecule has 3 aromatic heterocycles. The lowest BCUT2D eigenvalue weighted by Crippen LogP contribution is -1.95. The van der Waals surface area contributed by atoms with Crippen LogP contribution in [0.15, 0.2) is 203 Å². The van der Waals surface area contributed by atoms with Crippen LogP contribution < -0.4 is 0 Å². The summed E-state index contributed by atoms with van der Waals surface area (Å²) in [5, 5.41) is 15.5. The normalized spacial score (nSPS) is 12.2. The van der Waals surface area contributed by atoms with Gasteiger partial charge in [0.05, 0.1) is 0 Å². The molecule has 0 saturated heterocycles. The largest absolute Gasteiger partial charge is 0.456 e. The molecule has 0 N–H and O–H groups in total. The van der Waals surface area contributed by atoms with Crippen molar-refractivity contribution < 1.29 is 8.83 Å². The molecule has 0 spiro atoms. The number of hydrogen-bond donors (Lipinski definition) is 0. The summed E-state index contributed by atoms with van der Waals surface area (Å²) in [5.74, 6) is 0.654. The third-order valence-corrected chi connectivity index (χ3v) is 13.0. The molecule has 4 heteroatoms. The molecular weight excluding hydrogens is 757 g/mol. The Morgan fingerprint density at radius 3 is 1.45 bits per heavy atom. The predicted octanol–water partition coefficient (Wildman–Crippen LogP) is 16.1. The molecule has 0 aliphatic carbocycles. The molecule has 0 fully saturated rings. The van der Waals surface area contributed by atoms with E-state index in [4.69, 9.17) is 18.8 Å². The summed E-state index contributed by atoms with van der Waals surface area (Å²) in [4.78, 5) is 10.6. The molecule has 11 aromatic carbocycles. The monoisotopic (exact) mass is 788 g/mol. The molecule has 4 nitrogen and oxygen atoms in total. The zero-order valence-corrected chi connectivity index (χ0v) is 33.2. The van der Waals surface area contributed by atoms with E-state index in [1.807, 2.05) is 24.3 Å². The van der Waals surface area contributed by atoms with Gasteiger partial charge in [-0.2, -0.15) is 0 Å². The minimum absolute atomic E-state index is 0.654. The molecular formula is C58H32N2O2. The van der Waals surface area contributed by atoms with E-state index < -0.39 is 0 Å². The van der Waals surface area contributed by atoms with Gasteiger partial charge >= 0.3 is 0 Å². The van der Waals surface area contributed by atoms with Crippen LogP contribution in [0.2, 0.25) is 0 Å². The molecule has 14 aromatic rings. The van der Waals surface area contributed by atoms with Crippen molar-refractivity contribution in [3.63, 3.8) is 0 Å². The van der Waals surface area contributed by atoms with E-state index in [-0.39, 0.29) is 0 Å². The first-order chi connectivity index (χ1) is 30.7. The Bertz CT molecular complexity index is 4160. The van der Waals surface area contributed by atoms with E-state index in [9.17, 15) is 0 Å². The molecule has 0 aliphatic rings. The van der Waals surface area contributed by atoms with E-state index >= 15 is 0 Å². The number of furan rings is 2. The van der Waals surface area contributed by atoms with Gasteiger partial charge < -0.3 is 8.83 Å². The summed E-state index contributed by atoms with van der Waals surface area (Å²) in [7, 11) is 0. The van der Waals surface area contributed by atoms with Crippen molar-refractivity contribution in [3.05, 3.63) is 194 Å². The Morgan fingerprint density at radius 2 is 0.742 bits per heavy atom. The Hall–Kier alpha value is -8.34. The summed E-state index contributed by atoms with van der Waals surface area (Å²) < 4.78 is 12.9. The van der Waals surface area contributed by atoms with Crippen LogP contribution in [0.5, 0.6) is 0 Å². The summed E-state index contributed by atoms with van der Waals surface area (Å²) in [6.07, 6.45) is 0. The second-order valence-electron chi connectivity index (χ2n) is 16.4. The van der Waals surface area contributed by atoms with Gasteiger partial charge in [-0.1, -0.05) is 146 Å². The van der Waals surface area contributed by atoms with Gasteiger partial charge in [-0.05, 0) is 125 Å². The van der Waals surface area contributed by atoms with Crippen LogP contribution in [-0.4, -0.2) is 9.97 Å². The maximum absolute atomic E-state index is 6.55. The smallest absolute Gasteiger partial charge is 0.180 e. The maximum Gasteiger partial charge on any atom is 0.180 e. The van der Waals surface area contributed by atoms with Crippen molar-refractivity contribution in [3.8, 4) is 44.9 Å². The lowest BCUT2D eigenvalue weighted by atomic mass is 9.89. The van der Waals surface area contributed by atoms with Crippen LogP contribution in [0.3, 0.4) is 0 Å². The molecule has 286 valence electrons. The van der Waals surface area contributed by atoms with Crippen LogP contribution in [-0.2, 0) is 0 Å². The maximum atomic E-state index is 6.55. The first-order valence-electron chi connectivity index (χ1n) is 21.0. The van der Waals surface area contributed by atoms with E-state index in [1.165, 1.54) is 64.8 Å². The highest BCUT2D eigenvalue weighted by atomic mass is 16.3. The minimum atomic E-state index is 0.654. The number of hydrogen-bond acceptors (Lipinski definition) is 4. The highest BCUT2D eigenvalue weighted by Gasteiger charge is 2.21. The molecule has 62 heavy (non-hydrogen) atoms. The number of para-hydroxylation sites is 1. The van der Waals surface area contributed by atoms with Crippen LogP contribution in [0.25, 0.3) is 143 Å². The molecule has 0 saturated carbocycles. The topological polar surface area (TPSA) is 52.1 Å². The fraction of sp³-hybridized carbons (Fsp3) is 0. The minimum Gasteiger partial charge on any atom is -0.456 e. The Kier molecular flexibility index (Phi) is 6.80. The van der Waals surface area contributed by atoms with E-state index in [2.05, 4.69) is 170 Å². The van der Waals surface area contributed by atoms with Crippen molar-refractivity contribution >= 4 is 97.9 Å². The average molecular weight is 789 g/mol. The van der Waals surface area contributed by atoms with Gasteiger partial charge in [0.2, 0.25) is 0 Å². The van der Waals surface area contributed by atoms with E-state index in [1.54, 1.807) is 0 Å². The third kappa shape index (κ3) is 4.77. The first kappa shape index (κ1) is 33.5. The molecule has 0 amide bonds. The molecule has 0 unspecified atom stereocenters. The second-order valence-corrected chi connectivity index (χ2v) is 16.4. The average Bonchev–Trinajstić information content (AvgIpc) is 3.92. The quantitative estimate of drug-likeness (QED) is 0.167. The van der Waals surface area contributed by atoms with Crippen LogP contribution in [0.1, 0.15) is 0 Å². The van der Waals surface area contributed by atoms with Crippen molar-refractivity contribution in [2.75, 3.05) is 0 Å². The molecule has 0 atom stereocenters. The number of nitrogens with zero attached hydrogens (tertiary/aromatic N) is 2. The van der Waals surface area contributed by atoms with Gasteiger partial charge in [0.1, 0.15) is 28.0 Å². The SMILES string of the molecule is c1ccc(-c2cccc(-c3nc(-c4ccc5c6ccccc6c6ccc(-c7ccc8c(c7)c7cccc9oc%10cccc8c%10c97)cc6c5c4)nc4c3oc3ccccc34)c2)cc1. The molecule has 0 radical (unpaired) electrons. The summed E-state index contributed by atoms with van der Waals surface area (Å²) >= 11 is 0. The fourth-order valence-electron chi connectivity index (χ4n) is 10.2. The number of aromatic nitrogens is 2. The Balaban J connectivity index is 0.995. The highest BCUT2D eigenvalue weighted by Crippen LogP contribution is 2.45. The Labute approximate surface area is 354 Å². The van der Waals surface area contributed by atoms with Crippen LogP contribution in [0.4, 0.5) is 0 Å². The molecule has 3 heterocycles. The number of benzene rings is 11. The van der Waals surface area contributed by atoms with Crippen molar-refractivity contribution in [1.82, 2.24) is 9.97 Å². The van der Waals surface area contributed by atoms with Crippen molar-refractivity contribution in [2.24, 2.45) is 0 Å². The van der Waals surface area contributed by atoms with E-state index in [0.717, 1.165) is 66.5 Å². The van der Waals surface area contributed by atoms with Crippen LogP contribution >= 0.6 is 0 Å². The van der Waals surface area contributed by atoms with Crippen molar-refractivity contribution in [1.29, 1.82) is 0 Å². The molecule has 0 bridgehead atoms. The fourth-order valence-corrected chi connectivity index (χ4v) is 10.2. The zero-order chi connectivity index (χ0) is 40.5. The van der Waals surface area contributed by atoms with Gasteiger partial charge in [-0.25, -0.2) is 9.97 Å². The van der Waals surface area contributed by atoms with Gasteiger partial charge in [0.15, 0.2) is 11.4 Å². The molecule has 0 aliphatic heterocycles. The van der Waals surface area contributed by atoms with Gasteiger partial charge in [0, 0.05) is 27.3 Å². The lowest BCUT2D eigenvalue weighted by Gasteiger charge is -2.14. The second kappa shape index (κ2) is 12.6. The first-order valence-corrected chi connectivity index (χ1v) is 21.0. The van der Waals surface area contributed by atoms with Gasteiger partial charge in [-0.3, -0.25) is 0 Å². The number of rotatable bonds is 4. The lowest BCUT2D eigenvalue weighted by molar-refractivity contribution is 0.667. The standard InChI is InChI=1S/C58H32N2O2/c1-2-11-33(12-3-1)34-13-8-14-37(29-34)55-57-56(46-17-6-7-20-50(46)62-57)60-58(59-55)38-25-28-42-40-16-5-4-15-39(40)41-26-23-36(31-48(41)49(42)32-38)35-24-27-43-44-18-9-21-51-53(44)54-45(47(43)30-35)19-10-22-52(54)61-51/h1-32H. The van der Waals surface area contributed by atoms with Gasteiger partial charge in [-0.15, -0.1) is 0 Å². The third-order valence-electron chi connectivity index (χ3n) is 13.0. The summed E-state index contributed by atoms with van der Waals surface area (Å²) in [5.41, 5.74) is 11.4. The zero-order valence-electron chi connectivity index (χ0n) is 33.2. The predicted molar refractivity (Wildman–Crippen MR) is 257 cm³/mol.